The quantitative estimate of drug-likeness (QED) is 0.677. The van der Waals surface area contributed by atoms with E-state index in [0.717, 1.165) is 60.5 Å². The summed E-state index contributed by atoms with van der Waals surface area (Å²) >= 11 is 0. The molecule has 4 heterocycles. The van der Waals surface area contributed by atoms with E-state index in [9.17, 15) is 0 Å². The third kappa shape index (κ3) is 3.69. The number of oxazole rings is 1. The number of pyridine rings is 1. The number of hydrogen-bond acceptors (Lipinski definition) is 5. The normalized spacial score (nSPS) is 20.6. The maximum atomic E-state index is 5.67. The molecule has 4 rings (SSSR count). The van der Waals surface area contributed by atoms with Crippen molar-refractivity contribution in [3.8, 4) is 23.8 Å². The minimum absolute atomic E-state index is 0.335. The number of anilines is 1. The fourth-order valence-corrected chi connectivity index (χ4v) is 3.98. The molecule has 2 atom stereocenters. The number of hydrogen-bond donors (Lipinski definition) is 2. The van der Waals surface area contributed by atoms with Crippen LogP contribution in [0.4, 0.5) is 5.69 Å². The summed E-state index contributed by atoms with van der Waals surface area (Å²) in [5.74, 6) is 3.96. The molecule has 27 heavy (non-hydrogen) atoms. The van der Waals surface area contributed by atoms with Crippen molar-refractivity contribution in [2.24, 2.45) is 5.92 Å². The Morgan fingerprint density at radius 1 is 1.44 bits per heavy atom. The summed E-state index contributed by atoms with van der Waals surface area (Å²) in [6.07, 6.45) is 12.8. The highest BCUT2D eigenvalue weighted by molar-refractivity contribution is 5.97. The first-order valence-corrected chi connectivity index (χ1v) is 9.45. The third-order valence-corrected chi connectivity index (χ3v) is 5.09. The van der Waals surface area contributed by atoms with Gasteiger partial charge in [-0.2, -0.15) is 0 Å². The van der Waals surface area contributed by atoms with Gasteiger partial charge in [0.1, 0.15) is 11.9 Å². The van der Waals surface area contributed by atoms with Crippen LogP contribution in [0.2, 0.25) is 0 Å². The van der Waals surface area contributed by atoms with E-state index in [1.807, 2.05) is 25.4 Å². The number of aromatic amines is 1. The zero-order valence-electron chi connectivity index (χ0n) is 15.8. The lowest BCUT2D eigenvalue weighted by molar-refractivity contribution is 0.176. The fourth-order valence-electron chi connectivity index (χ4n) is 3.98. The maximum absolute atomic E-state index is 5.67. The molecule has 0 aromatic carbocycles. The average molecular weight is 363 g/mol. The minimum atomic E-state index is 0.335. The Bertz CT molecular complexity index is 967. The number of aryl methyl sites for hydroxylation is 1. The van der Waals surface area contributed by atoms with Crippen LogP contribution in [0.1, 0.15) is 25.5 Å². The van der Waals surface area contributed by atoms with Crippen LogP contribution < -0.4 is 5.32 Å². The highest BCUT2D eigenvalue weighted by atomic mass is 16.3. The number of fused-ring (bicyclic) bond motifs is 1. The van der Waals surface area contributed by atoms with E-state index in [2.05, 4.69) is 38.0 Å². The summed E-state index contributed by atoms with van der Waals surface area (Å²) in [4.78, 5) is 14.7. The van der Waals surface area contributed by atoms with Crippen LogP contribution in [0.15, 0.2) is 29.1 Å². The number of nitrogens with one attached hydrogen (secondary N) is 2. The summed E-state index contributed by atoms with van der Waals surface area (Å²) < 4.78 is 5.67. The molecule has 0 bridgehead atoms. The second-order valence-corrected chi connectivity index (χ2v) is 7.48. The van der Waals surface area contributed by atoms with Gasteiger partial charge in [-0.15, -0.1) is 12.3 Å². The Morgan fingerprint density at radius 2 is 2.33 bits per heavy atom. The molecule has 0 radical (unpaired) electrons. The van der Waals surface area contributed by atoms with Gasteiger partial charge in [-0.1, -0.05) is 6.92 Å². The minimum Gasteiger partial charge on any atom is -0.444 e. The fraction of sp³-hybridized carbons (Fsp3) is 0.429. The maximum Gasteiger partial charge on any atom is 0.229 e. The molecule has 0 aliphatic carbocycles. The molecule has 0 saturated carbocycles. The lowest BCUT2D eigenvalue weighted by Crippen LogP contribution is -2.45. The standard InChI is InChI=1S/C21H25N5O/c1-4-5-8-26-11-14(2)9-16(12-26)25-19-17-6-7-22-20(17)23-10-18(19)21-24-15(3)13-27-21/h1,6-7,10,13-14,16H,5,8-9,11-12H2,2-3H3,(H2,22,23,25)/t14-,16+/m0/s1. The zero-order chi connectivity index (χ0) is 18.8. The lowest BCUT2D eigenvalue weighted by Gasteiger charge is -2.37. The van der Waals surface area contributed by atoms with Gasteiger partial charge in [0, 0.05) is 49.9 Å². The van der Waals surface area contributed by atoms with Crippen LogP contribution in [0.3, 0.4) is 0 Å². The molecule has 0 spiro atoms. The van der Waals surface area contributed by atoms with E-state index < -0.39 is 0 Å². The summed E-state index contributed by atoms with van der Waals surface area (Å²) in [5.41, 5.74) is 3.64. The van der Waals surface area contributed by atoms with Crippen molar-refractivity contribution in [3.63, 3.8) is 0 Å². The van der Waals surface area contributed by atoms with E-state index in [-0.39, 0.29) is 0 Å². The van der Waals surface area contributed by atoms with Crippen LogP contribution in [0, 0.1) is 25.2 Å². The van der Waals surface area contributed by atoms with Crippen molar-refractivity contribution < 1.29 is 4.42 Å². The van der Waals surface area contributed by atoms with E-state index >= 15 is 0 Å². The number of nitrogens with zero attached hydrogens (tertiary/aromatic N) is 3. The molecule has 0 amide bonds. The zero-order valence-corrected chi connectivity index (χ0v) is 15.8. The van der Waals surface area contributed by atoms with Gasteiger partial charge in [-0.05, 0) is 25.3 Å². The second-order valence-electron chi connectivity index (χ2n) is 7.48. The van der Waals surface area contributed by atoms with Crippen LogP contribution in [0.25, 0.3) is 22.5 Å². The van der Waals surface area contributed by atoms with Crippen molar-refractivity contribution in [1.29, 1.82) is 0 Å². The van der Waals surface area contributed by atoms with Gasteiger partial charge in [0.2, 0.25) is 5.89 Å². The molecule has 1 aliphatic rings. The van der Waals surface area contributed by atoms with Crippen LogP contribution >= 0.6 is 0 Å². The number of piperidine rings is 1. The highest BCUT2D eigenvalue weighted by Crippen LogP contribution is 2.34. The number of rotatable bonds is 5. The highest BCUT2D eigenvalue weighted by Gasteiger charge is 2.26. The van der Waals surface area contributed by atoms with E-state index in [1.54, 1.807) is 6.26 Å². The van der Waals surface area contributed by atoms with Gasteiger partial charge in [-0.3, -0.25) is 0 Å². The van der Waals surface area contributed by atoms with Crippen molar-refractivity contribution in [1.82, 2.24) is 19.9 Å². The molecular weight excluding hydrogens is 338 g/mol. The Kier molecular flexibility index (Phi) is 4.87. The molecule has 6 nitrogen and oxygen atoms in total. The van der Waals surface area contributed by atoms with Crippen LogP contribution in [-0.4, -0.2) is 45.5 Å². The molecule has 140 valence electrons. The second kappa shape index (κ2) is 7.45. The molecule has 3 aromatic heterocycles. The number of terminal acetylenes is 1. The molecule has 1 aliphatic heterocycles. The number of H-pyrrole nitrogens is 1. The average Bonchev–Trinajstić information content (AvgIpc) is 3.29. The SMILES string of the molecule is C#CCCN1C[C@@H](C)C[C@@H](Nc2c(-c3nc(C)co3)cnc3[nH]ccc23)C1. The first kappa shape index (κ1) is 17.6. The van der Waals surface area contributed by atoms with Crippen LogP contribution in [-0.2, 0) is 0 Å². The van der Waals surface area contributed by atoms with Crippen molar-refractivity contribution in [2.75, 3.05) is 25.0 Å². The summed E-state index contributed by atoms with van der Waals surface area (Å²) in [7, 11) is 0. The van der Waals surface area contributed by atoms with Crippen molar-refractivity contribution >= 4 is 16.7 Å². The number of likely N-dealkylation sites (tertiary alicyclic amines) is 1. The first-order valence-electron chi connectivity index (χ1n) is 9.45. The Morgan fingerprint density at radius 3 is 3.11 bits per heavy atom. The van der Waals surface area contributed by atoms with E-state index in [1.165, 1.54) is 0 Å². The van der Waals surface area contributed by atoms with Gasteiger partial charge in [0.05, 0.1) is 16.9 Å². The Balaban J connectivity index is 1.66. The van der Waals surface area contributed by atoms with E-state index in [0.29, 0.717) is 17.9 Å². The van der Waals surface area contributed by atoms with Crippen LogP contribution in [0.5, 0.6) is 0 Å². The molecule has 6 heteroatoms. The summed E-state index contributed by atoms with van der Waals surface area (Å²) in [6, 6.07) is 2.38. The molecule has 1 fully saturated rings. The predicted molar refractivity (Wildman–Crippen MR) is 107 cm³/mol. The first-order chi connectivity index (χ1) is 13.1. The van der Waals surface area contributed by atoms with Gasteiger partial charge in [0.25, 0.3) is 0 Å². The van der Waals surface area contributed by atoms with Gasteiger partial charge in [0.15, 0.2) is 0 Å². The number of aromatic nitrogens is 3. The van der Waals surface area contributed by atoms with Crippen molar-refractivity contribution in [3.05, 3.63) is 30.4 Å². The molecule has 3 aromatic rings. The van der Waals surface area contributed by atoms with E-state index in [4.69, 9.17) is 10.8 Å². The van der Waals surface area contributed by atoms with Gasteiger partial charge < -0.3 is 19.6 Å². The Labute approximate surface area is 159 Å². The molecule has 2 N–H and O–H groups in total. The third-order valence-electron chi connectivity index (χ3n) is 5.09. The Hall–Kier alpha value is -2.78. The summed E-state index contributed by atoms with van der Waals surface area (Å²) in [6.45, 7) is 7.24. The lowest BCUT2D eigenvalue weighted by atomic mass is 9.95. The molecule has 1 saturated heterocycles. The topological polar surface area (TPSA) is 70.0 Å². The van der Waals surface area contributed by atoms with Crippen molar-refractivity contribution in [2.45, 2.75) is 32.7 Å². The van der Waals surface area contributed by atoms with Gasteiger partial charge in [-0.25, -0.2) is 9.97 Å². The molecule has 0 unspecified atom stereocenters. The smallest absolute Gasteiger partial charge is 0.229 e. The largest absolute Gasteiger partial charge is 0.444 e. The monoisotopic (exact) mass is 363 g/mol. The summed E-state index contributed by atoms with van der Waals surface area (Å²) in [5, 5.41) is 4.82. The van der Waals surface area contributed by atoms with Gasteiger partial charge >= 0.3 is 0 Å². The molecular formula is C21H25N5O. The predicted octanol–water partition coefficient (Wildman–Crippen LogP) is 3.67.